The van der Waals surface area contributed by atoms with Gasteiger partial charge in [-0.25, -0.2) is 9.79 Å². The third-order valence-corrected chi connectivity index (χ3v) is 9.20. The number of aromatic nitrogens is 1. The summed E-state index contributed by atoms with van der Waals surface area (Å²) in [5, 5.41) is 9.72. The number of methoxy groups -OCH3 is 1. The van der Waals surface area contributed by atoms with Crippen molar-refractivity contribution in [3.05, 3.63) is 149 Å². The summed E-state index contributed by atoms with van der Waals surface area (Å²) in [6.45, 7) is 4.40. The summed E-state index contributed by atoms with van der Waals surface area (Å²) in [7, 11) is 1.50. The van der Waals surface area contributed by atoms with Gasteiger partial charge in [-0.15, -0.1) is 0 Å². The van der Waals surface area contributed by atoms with Crippen LogP contribution in [0, 0.1) is 11.3 Å². The molecule has 11 heteroatoms. The van der Waals surface area contributed by atoms with Crippen LogP contribution in [-0.2, 0) is 16.1 Å². The van der Waals surface area contributed by atoms with Crippen molar-refractivity contribution in [1.29, 1.82) is 5.26 Å². The van der Waals surface area contributed by atoms with E-state index >= 15 is 0 Å². The number of fused-ring (bicyclic) bond motifs is 1. The van der Waals surface area contributed by atoms with E-state index in [1.165, 1.54) is 23.0 Å². The van der Waals surface area contributed by atoms with Crippen molar-refractivity contribution in [2.45, 2.75) is 26.5 Å². The van der Waals surface area contributed by atoms with Crippen molar-refractivity contribution in [1.82, 2.24) is 4.57 Å². The Morgan fingerprint density at radius 1 is 1.00 bits per heavy atom. The maximum atomic E-state index is 14.3. The first-order chi connectivity index (χ1) is 24.4. The number of thiazole rings is 1. The number of esters is 1. The van der Waals surface area contributed by atoms with Gasteiger partial charge in [0.05, 0.1) is 58.8 Å². The molecule has 0 fully saturated rings. The summed E-state index contributed by atoms with van der Waals surface area (Å²) in [5.41, 5.74) is 3.55. The first-order valence-corrected chi connectivity index (χ1v) is 17.1. The highest BCUT2D eigenvalue weighted by Crippen LogP contribution is 2.38. The average Bonchev–Trinajstić information content (AvgIpc) is 3.45. The zero-order chi connectivity index (χ0) is 35.2. The van der Waals surface area contributed by atoms with Gasteiger partial charge in [0.15, 0.2) is 16.3 Å². The lowest BCUT2D eigenvalue weighted by atomic mass is 9.93. The van der Waals surface area contributed by atoms with Crippen molar-refractivity contribution >= 4 is 40.7 Å². The fourth-order valence-electron chi connectivity index (χ4n) is 5.69. The number of carbonyl (C=O) groups is 1. The summed E-state index contributed by atoms with van der Waals surface area (Å²) in [4.78, 5) is 33.4. The molecule has 9 nitrogen and oxygen atoms in total. The number of halogens is 1. The van der Waals surface area contributed by atoms with E-state index in [1.807, 2.05) is 73.7 Å². The standard InChI is InChI=1S/C39H32ClN3O6S/c1-4-47-29-17-15-26(16-18-29)35-33(38(45)48-5-2)34(25-11-7-6-8-12-25)42-39-43(35)37(44)32(50-39)21-24-19-30(40)36(31(20-24)46-3)49-23-28-14-10-9-13-27(28)22-41/h6-21,35H,4-5,23H2,1-3H3/b32-21-/t35-/m0/s1. The molecule has 5 aromatic rings. The fourth-order valence-corrected chi connectivity index (χ4v) is 6.96. The zero-order valence-corrected chi connectivity index (χ0v) is 29.1. The molecule has 252 valence electrons. The minimum Gasteiger partial charge on any atom is -0.494 e. The summed E-state index contributed by atoms with van der Waals surface area (Å²) in [6, 6.07) is 28.6. The molecule has 2 heterocycles. The molecule has 1 aliphatic heterocycles. The van der Waals surface area contributed by atoms with Gasteiger partial charge in [-0.1, -0.05) is 83.6 Å². The largest absolute Gasteiger partial charge is 0.494 e. The van der Waals surface area contributed by atoms with Crippen LogP contribution in [0.3, 0.4) is 0 Å². The van der Waals surface area contributed by atoms with Gasteiger partial charge in [-0.2, -0.15) is 5.26 Å². The van der Waals surface area contributed by atoms with Crippen LogP contribution in [-0.4, -0.2) is 30.9 Å². The molecule has 50 heavy (non-hydrogen) atoms. The molecular formula is C39H32ClN3O6S. The molecule has 0 saturated carbocycles. The summed E-state index contributed by atoms with van der Waals surface area (Å²) in [6.07, 6.45) is 1.71. The molecule has 1 aliphatic rings. The number of carbonyl (C=O) groups excluding carboxylic acids is 1. The van der Waals surface area contributed by atoms with Crippen LogP contribution in [0.2, 0.25) is 5.02 Å². The van der Waals surface area contributed by atoms with Crippen molar-refractivity contribution in [3.63, 3.8) is 0 Å². The van der Waals surface area contributed by atoms with E-state index < -0.39 is 12.0 Å². The molecule has 0 saturated heterocycles. The molecule has 0 bridgehead atoms. The second kappa shape index (κ2) is 15.3. The van der Waals surface area contributed by atoms with Crippen LogP contribution >= 0.6 is 22.9 Å². The zero-order valence-electron chi connectivity index (χ0n) is 27.5. The number of rotatable bonds is 11. The van der Waals surface area contributed by atoms with Crippen molar-refractivity contribution in [2.24, 2.45) is 4.99 Å². The van der Waals surface area contributed by atoms with Crippen LogP contribution in [0.15, 0.2) is 106 Å². The Labute approximate surface area is 297 Å². The maximum absolute atomic E-state index is 14.3. The molecule has 0 radical (unpaired) electrons. The van der Waals surface area contributed by atoms with Crippen LogP contribution < -0.4 is 29.1 Å². The molecular weight excluding hydrogens is 674 g/mol. The topological polar surface area (TPSA) is 112 Å². The Kier molecular flexibility index (Phi) is 10.5. The number of benzene rings is 4. The first-order valence-electron chi connectivity index (χ1n) is 15.9. The minimum absolute atomic E-state index is 0.107. The van der Waals surface area contributed by atoms with Gasteiger partial charge in [0.1, 0.15) is 12.4 Å². The Balaban J connectivity index is 1.48. The fraction of sp³-hybridized carbons (Fsp3) is 0.179. The van der Waals surface area contributed by atoms with E-state index in [4.69, 9.17) is 35.5 Å². The first kappa shape index (κ1) is 34.2. The van der Waals surface area contributed by atoms with Gasteiger partial charge in [0.25, 0.3) is 5.56 Å². The molecule has 1 atom stereocenters. The smallest absolute Gasteiger partial charge is 0.338 e. The molecule has 4 aromatic carbocycles. The van der Waals surface area contributed by atoms with Gasteiger partial charge < -0.3 is 18.9 Å². The van der Waals surface area contributed by atoms with Crippen LogP contribution in [0.25, 0.3) is 11.8 Å². The lowest BCUT2D eigenvalue weighted by Gasteiger charge is -2.26. The van der Waals surface area contributed by atoms with Gasteiger partial charge in [0, 0.05) is 11.1 Å². The normalized spacial score (nSPS) is 14.0. The minimum atomic E-state index is -0.830. The average molecular weight is 706 g/mol. The number of hydrogen-bond donors (Lipinski definition) is 0. The van der Waals surface area contributed by atoms with E-state index in [2.05, 4.69) is 6.07 Å². The number of ether oxygens (including phenoxy) is 4. The Morgan fingerprint density at radius 3 is 2.44 bits per heavy atom. The van der Waals surface area contributed by atoms with E-state index in [9.17, 15) is 14.9 Å². The molecule has 6 rings (SSSR count). The van der Waals surface area contributed by atoms with Gasteiger partial charge in [0.2, 0.25) is 0 Å². The number of nitriles is 1. The number of nitrogens with zero attached hydrogens (tertiary/aromatic N) is 3. The van der Waals surface area contributed by atoms with E-state index in [-0.39, 0.29) is 29.4 Å². The highest BCUT2D eigenvalue weighted by atomic mass is 35.5. The second-order valence-electron chi connectivity index (χ2n) is 11.0. The van der Waals surface area contributed by atoms with E-state index in [1.54, 1.807) is 37.3 Å². The second-order valence-corrected chi connectivity index (χ2v) is 12.4. The number of hydrogen-bond acceptors (Lipinski definition) is 9. The summed E-state index contributed by atoms with van der Waals surface area (Å²) in [5.74, 6) is 0.769. The SMILES string of the molecule is CCOC(=O)C1=C(c2ccccc2)N=c2s/c(=C\c3cc(Cl)c(OCc4ccccc4C#N)c(OC)c3)c(=O)n2[C@H]1c1ccc(OCC)cc1. The highest BCUT2D eigenvalue weighted by Gasteiger charge is 2.35. The molecule has 0 unspecified atom stereocenters. The molecule has 0 spiro atoms. The predicted octanol–water partition coefficient (Wildman–Crippen LogP) is 6.45. The van der Waals surface area contributed by atoms with Crippen molar-refractivity contribution in [3.8, 4) is 23.3 Å². The Hall–Kier alpha value is -5.63. The predicted molar refractivity (Wildman–Crippen MR) is 192 cm³/mol. The third-order valence-electron chi connectivity index (χ3n) is 7.94. The highest BCUT2D eigenvalue weighted by molar-refractivity contribution is 7.07. The quantitative estimate of drug-likeness (QED) is 0.145. The van der Waals surface area contributed by atoms with Gasteiger partial charge in [-0.3, -0.25) is 9.36 Å². The third kappa shape index (κ3) is 6.92. The molecule has 0 amide bonds. The van der Waals surface area contributed by atoms with Crippen molar-refractivity contribution in [2.75, 3.05) is 20.3 Å². The summed E-state index contributed by atoms with van der Waals surface area (Å²) >= 11 is 7.91. The van der Waals surface area contributed by atoms with E-state index in [0.717, 1.165) is 0 Å². The van der Waals surface area contributed by atoms with Crippen LogP contribution in [0.5, 0.6) is 17.2 Å². The Bertz CT molecular complexity index is 2310. The van der Waals surface area contributed by atoms with Crippen LogP contribution in [0.1, 0.15) is 47.7 Å². The van der Waals surface area contributed by atoms with Gasteiger partial charge in [-0.05, 0) is 61.4 Å². The molecule has 0 aliphatic carbocycles. The maximum Gasteiger partial charge on any atom is 0.338 e. The monoisotopic (exact) mass is 705 g/mol. The summed E-state index contributed by atoms with van der Waals surface area (Å²) < 4.78 is 24.8. The molecule has 1 aromatic heterocycles. The van der Waals surface area contributed by atoms with Crippen LogP contribution in [0.4, 0.5) is 0 Å². The van der Waals surface area contributed by atoms with E-state index in [0.29, 0.717) is 66.7 Å². The lowest BCUT2D eigenvalue weighted by molar-refractivity contribution is -0.138. The molecule has 0 N–H and O–H groups in total. The lowest BCUT2D eigenvalue weighted by Crippen LogP contribution is -2.40. The van der Waals surface area contributed by atoms with Crippen molar-refractivity contribution < 1.29 is 23.7 Å². The Morgan fingerprint density at radius 2 is 1.74 bits per heavy atom. The van der Waals surface area contributed by atoms with Gasteiger partial charge >= 0.3 is 5.97 Å².